The minimum absolute atomic E-state index is 0.198. The minimum atomic E-state index is -1.34. The van der Waals surface area contributed by atoms with Gasteiger partial charge in [-0.1, -0.05) is 24.6 Å². The molecule has 2 saturated carbocycles. The molecule has 34 heavy (non-hydrogen) atoms. The van der Waals surface area contributed by atoms with Gasteiger partial charge in [0, 0.05) is 21.9 Å². The molecule has 5 unspecified atom stereocenters. The average Bonchev–Trinajstić information content (AvgIpc) is 3.10. The van der Waals surface area contributed by atoms with Crippen LogP contribution in [0, 0.1) is 17.3 Å². The summed E-state index contributed by atoms with van der Waals surface area (Å²) in [4.78, 5) is 14.3. The van der Waals surface area contributed by atoms with E-state index in [9.17, 15) is 9.00 Å². The summed E-state index contributed by atoms with van der Waals surface area (Å²) >= 11 is 6.01. The summed E-state index contributed by atoms with van der Waals surface area (Å²) in [6.07, 6.45) is 4.38. The highest BCUT2D eigenvalue weighted by Gasteiger charge is 2.59. The van der Waals surface area contributed by atoms with E-state index in [4.69, 9.17) is 21.1 Å². The monoisotopic (exact) mass is 500 g/mol. The molecule has 182 valence electrons. The van der Waals surface area contributed by atoms with Crippen molar-refractivity contribution in [2.24, 2.45) is 17.3 Å². The van der Waals surface area contributed by atoms with Gasteiger partial charge in [-0.15, -0.1) is 0 Å². The molecule has 5 rings (SSSR count). The maximum Gasteiger partial charge on any atom is 0.196 e. The van der Waals surface area contributed by atoms with Crippen LogP contribution in [0.3, 0.4) is 0 Å². The van der Waals surface area contributed by atoms with Crippen LogP contribution >= 0.6 is 11.6 Å². The first kappa shape index (κ1) is 24.0. The first-order valence-electron chi connectivity index (χ1n) is 12.4. The Bertz CT molecular complexity index is 1100. The Hall–Kier alpha value is -1.69. The third-order valence-electron chi connectivity index (χ3n) is 8.42. The van der Waals surface area contributed by atoms with Crippen molar-refractivity contribution in [1.29, 1.82) is 0 Å². The molecule has 4 nitrogen and oxygen atoms in total. The number of ether oxygens (including phenoxy) is 2. The molecule has 0 radical (unpaired) electrons. The molecular formula is C28H33ClO4S. The summed E-state index contributed by atoms with van der Waals surface area (Å²) in [6.45, 7) is 6.64. The highest BCUT2D eigenvalue weighted by Crippen LogP contribution is 2.60. The van der Waals surface area contributed by atoms with E-state index in [0.29, 0.717) is 34.8 Å². The Balaban J connectivity index is 1.37. The number of aryl methyl sites for hydroxylation is 1. The van der Waals surface area contributed by atoms with Crippen LogP contribution in [0.15, 0.2) is 47.4 Å². The summed E-state index contributed by atoms with van der Waals surface area (Å²) in [5, 5.41) is 0.191. The number of ketones is 1. The van der Waals surface area contributed by atoms with Crippen molar-refractivity contribution in [3.63, 3.8) is 0 Å². The number of hydrogen-bond acceptors (Lipinski definition) is 4. The maximum absolute atomic E-state index is 13.6. The van der Waals surface area contributed by atoms with Gasteiger partial charge in [-0.3, -0.25) is 9.00 Å². The zero-order chi connectivity index (χ0) is 24.0. The van der Waals surface area contributed by atoms with E-state index in [1.165, 1.54) is 11.1 Å². The summed E-state index contributed by atoms with van der Waals surface area (Å²) in [5.41, 5.74) is 2.39. The van der Waals surface area contributed by atoms with Crippen molar-refractivity contribution in [3.8, 4) is 5.75 Å². The molecule has 0 aliphatic heterocycles. The molecule has 3 aliphatic carbocycles. The van der Waals surface area contributed by atoms with E-state index in [0.717, 1.165) is 31.4 Å². The number of hydrogen-bond donors (Lipinski definition) is 0. The lowest BCUT2D eigenvalue weighted by atomic mass is 9.55. The molecule has 0 saturated heterocycles. The van der Waals surface area contributed by atoms with Crippen LogP contribution < -0.4 is 4.74 Å². The summed E-state index contributed by atoms with van der Waals surface area (Å²) in [5.74, 6) is 2.24. The van der Waals surface area contributed by atoms with Gasteiger partial charge in [-0.05, 0) is 111 Å². The van der Waals surface area contributed by atoms with Gasteiger partial charge in [0.1, 0.15) is 5.75 Å². The van der Waals surface area contributed by atoms with E-state index in [-0.39, 0.29) is 23.4 Å². The van der Waals surface area contributed by atoms with Crippen molar-refractivity contribution in [2.75, 3.05) is 6.61 Å². The number of benzene rings is 2. The Morgan fingerprint density at radius 3 is 2.68 bits per heavy atom. The summed E-state index contributed by atoms with van der Waals surface area (Å²) in [7, 11) is -1.34. The van der Waals surface area contributed by atoms with Crippen LogP contribution in [0.4, 0.5) is 0 Å². The quantitative estimate of drug-likeness (QED) is 0.436. The molecule has 7 atom stereocenters. The van der Waals surface area contributed by atoms with Crippen LogP contribution in [0.5, 0.6) is 5.75 Å². The standard InChI is InChI=1S/C28H33ClO4S/c1-4-32-17(2)33-20-8-12-22-18(15-20)5-11-24-23(22)13-14-28(3)25(24)16-26(27(28)30)34(31)21-9-6-19(29)7-10-21/h6-10,12,15,17,23-26H,4-5,11,13-14,16H2,1-3H3/t17?,23-,24?,25?,26?,28+,34?/m1/s1. The third-order valence-corrected chi connectivity index (χ3v) is 10.3. The molecule has 0 aromatic heterocycles. The summed E-state index contributed by atoms with van der Waals surface area (Å²) in [6, 6.07) is 13.6. The lowest BCUT2D eigenvalue weighted by Gasteiger charge is -2.48. The molecule has 0 spiro atoms. The maximum atomic E-state index is 13.6. The second kappa shape index (κ2) is 9.40. The number of carbonyl (C=O) groups excluding carboxylic acids is 1. The predicted octanol–water partition coefficient (Wildman–Crippen LogP) is 6.31. The van der Waals surface area contributed by atoms with Crippen molar-refractivity contribution in [1.82, 2.24) is 0 Å². The van der Waals surface area contributed by atoms with Crippen LogP contribution in [-0.4, -0.2) is 28.1 Å². The van der Waals surface area contributed by atoms with Crippen LogP contribution in [0.25, 0.3) is 0 Å². The van der Waals surface area contributed by atoms with Gasteiger partial charge in [0.15, 0.2) is 12.1 Å². The molecule has 3 aliphatic rings. The lowest BCUT2D eigenvalue weighted by Crippen LogP contribution is -2.43. The Kier molecular flexibility index (Phi) is 6.64. The van der Waals surface area contributed by atoms with Gasteiger partial charge in [0.2, 0.25) is 0 Å². The minimum Gasteiger partial charge on any atom is -0.465 e. The van der Waals surface area contributed by atoms with Gasteiger partial charge in [0.25, 0.3) is 0 Å². The normalized spacial score (nSPS) is 31.8. The van der Waals surface area contributed by atoms with Gasteiger partial charge < -0.3 is 9.47 Å². The third kappa shape index (κ3) is 4.14. The largest absolute Gasteiger partial charge is 0.465 e. The molecule has 2 aromatic rings. The second-order valence-electron chi connectivity index (χ2n) is 10.2. The van der Waals surface area contributed by atoms with Crippen molar-refractivity contribution >= 4 is 28.2 Å². The van der Waals surface area contributed by atoms with Crippen LogP contribution in [0.2, 0.25) is 5.02 Å². The van der Waals surface area contributed by atoms with Gasteiger partial charge in [-0.25, -0.2) is 0 Å². The number of carbonyl (C=O) groups is 1. The molecule has 2 aromatic carbocycles. The Morgan fingerprint density at radius 1 is 1.18 bits per heavy atom. The Labute approximate surface area is 209 Å². The lowest BCUT2D eigenvalue weighted by molar-refractivity contribution is -0.129. The molecule has 0 bridgehead atoms. The molecule has 0 amide bonds. The number of halogens is 1. The fourth-order valence-corrected chi connectivity index (χ4v) is 8.48. The van der Waals surface area contributed by atoms with Crippen molar-refractivity contribution < 1.29 is 18.5 Å². The first-order valence-corrected chi connectivity index (χ1v) is 14.0. The van der Waals surface area contributed by atoms with Gasteiger partial charge in [-0.2, -0.15) is 0 Å². The number of fused-ring (bicyclic) bond motifs is 5. The van der Waals surface area contributed by atoms with Crippen LogP contribution in [-0.2, 0) is 26.8 Å². The van der Waals surface area contributed by atoms with E-state index in [2.05, 4.69) is 25.1 Å². The summed E-state index contributed by atoms with van der Waals surface area (Å²) < 4.78 is 24.9. The zero-order valence-corrected chi connectivity index (χ0v) is 21.7. The zero-order valence-electron chi connectivity index (χ0n) is 20.1. The fraction of sp³-hybridized carbons (Fsp3) is 0.536. The highest BCUT2D eigenvalue weighted by molar-refractivity contribution is 7.86. The smallest absolute Gasteiger partial charge is 0.196 e. The van der Waals surface area contributed by atoms with E-state index in [1.54, 1.807) is 24.3 Å². The van der Waals surface area contributed by atoms with Crippen molar-refractivity contribution in [3.05, 3.63) is 58.6 Å². The van der Waals surface area contributed by atoms with Crippen molar-refractivity contribution in [2.45, 2.75) is 75.2 Å². The van der Waals surface area contributed by atoms with Gasteiger partial charge in [0.05, 0.1) is 16.0 Å². The number of Topliss-reactive ketones (excluding diaryl/α,β-unsaturated/α-hetero) is 1. The SMILES string of the molecule is CCOC(C)Oc1ccc2c(c1)CCC1C3CC(S(=O)c4ccc(Cl)cc4)C(=O)[C@@]3(C)CC[C@H]21. The van der Waals surface area contributed by atoms with E-state index >= 15 is 0 Å². The molecule has 0 heterocycles. The van der Waals surface area contributed by atoms with E-state index in [1.807, 2.05) is 13.8 Å². The van der Waals surface area contributed by atoms with Crippen LogP contribution in [0.1, 0.15) is 63.5 Å². The number of rotatable bonds is 6. The molecular weight excluding hydrogens is 468 g/mol. The average molecular weight is 501 g/mol. The predicted molar refractivity (Wildman–Crippen MR) is 135 cm³/mol. The fourth-order valence-electron chi connectivity index (χ4n) is 6.78. The molecule has 0 N–H and O–H groups in total. The molecule has 6 heteroatoms. The van der Waals surface area contributed by atoms with Gasteiger partial charge >= 0.3 is 0 Å². The topological polar surface area (TPSA) is 52.6 Å². The molecule has 2 fully saturated rings. The highest BCUT2D eigenvalue weighted by atomic mass is 35.5. The van der Waals surface area contributed by atoms with E-state index < -0.39 is 16.0 Å². The Morgan fingerprint density at radius 2 is 1.94 bits per heavy atom. The second-order valence-corrected chi connectivity index (χ2v) is 12.3. The first-order chi connectivity index (χ1) is 16.3.